The molecule has 8 heteroatoms. The highest BCUT2D eigenvalue weighted by molar-refractivity contribution is 6.31. The number of nitrogens with two attached hydrogens (primary N) is 2. The third-order valence-corrected chi connectivity index (χ3v) is 4.76. The minimum Gasteiger partial charge on any atom is -0.368 e. The van der Waals surface area contributed by atoms with Crippen LogP contribution < -0.4 is 11.5 Å². The first-order valence-corrected chi connectivity index (χ1v) is 8.99. The number of benzene rings is 2. The largest absolute Gasteiger partial charge is 0.368 e. The predicted molar refractivity (Wildman–Crippen MR) is 111 cm³/mol. The van der Waals surface area contributed by atoms with Crippen molar-refractivity contribution in [3.63, 3.8) is 0 Å². The van der Waals surface area contributed by atoms with Crippen LogP contribution in [0.1, 0.15) is 10.4 Å². The van der Waals surface area contributed by atoms with Crippen LogP contribution in [0.15, 0.2) is 60.8 Å². The van der Waals surface area contributed by atoms with Gasteiger partial charge in [-0.3, -0.25) is 4.79 Å². The van der Waals surface area contributed by atoms with E-state index in [1.165, 1.54) is 12.3 Å². The Morgan fingerprint density at radius 2 is 1.79 bits per heavy atom. The predicted octanol–water partition coefficient (Wildman–Crippen LogP) is 4.28. The number of aromatic nitrogens is 3. The molecule has 2 heterocycles. The summed E-state index contributed by atoms with van der Waals surface area (Å²) in [5, 5.41) is -0.0148. The van der Waals surface area contributed by atoms with E-state index in [0.717, 1.165) is 0 Å². The molecule has 0 fully saturated rings. The molecule has 0 aliphatic carbocycles. The summed E-state index contributed by atoms with van der Waals surface area (Å²) in [5.74, 6) is -1.07. The molecule has 5 N–H and O–H groups in total. The maximum atomic E-state index is 14.8. The number of nitrogen functional groups attached to an aromatic ring is 1. The van der Waals surface area contributed by atoms with E-state index in [4.69, 9.17) is 23.1 Å². The summed E-state index contributed by atoms with van der Waals surface area (Å²) in [5.41, 5.74) is 14.5. The van der Waals surface area contributed by atoms with Gasteiger partial charge in [0.2, 0.25) is 11.9 Å². The summed E-state index contributed by atoms with van der Waals surface area (Å²) >= 11 is 5.99. The van der Waals surface area contributed by atoms with Gasteiger partial charge in [-0.05, 0) is 35.9 Å². The Morgan fingerprint density at radius 1 is 1.03 bits per heavy atom. The SMILES string of the molecule is NC(=O)c1ccccc1-c1cc(-c2ccnc(N)n2)[nH]c1-c1cccc(Cl)c1F. The Balaban J connectivity index is 2.02. The Labute approximate surface area is 170 Å². The van der Waals surface area contributed by atoms with Gasteiger partial charge in [0.1, 0.15) is 0 Å². The van der Waals surface area contributed by atoms with Gasteiger partial charge >= 0.3 is 0 Å². The zero-order valence-electron chi connectivity index (χ0n) is 15.0. The van der Waals surface area contributed by atoms with Crippen molar-refractivity contribution in [1.82, 2.24) is 15.0 Å². The molecule has 0 spiro atoms. The number of primary amides is 1. The lowest BCUT2D eigenvalue weighted by Crippen LogP contribution is -2.12. The zero-order chi connectivity index (χ0) is 20.5. The molecule has 0 bridgehead atoms. The fraction of sp³-hybridized carbons (Fsp3) is 0. The molecule has 0 aliphatic rings. The summed E-state index contributed by atoms with van der Waals surface area (Å²) in [6.07, 6.45) is 1.52. The number of aromatic amines is 1. The van der Waals surface area contributed by atoms with Gasteiger partial charge in [0.25, 0.3) is 0 Å². The average Bonchev–Trinajstić information content (AvgIpc) is 3.15. The van der Waals surface area contributed by atoms with Crippen molar-refractivity contribution in [2.45, 2.75) is 0 Å². The highest BCUT2D eigenvalue weighted by atomic mass is 35.5. The van der Waals surface area contributed by atoms with Crippen LogP contribution in [0.25, 0.3) is 33.8 Å². The molecule has 144 valence electrons. The number of amides is 1. The van der Waals surface area contributed by atoms with Crippen LogP contribution >= 0.6 is 11.6 Å². The maximum Gasteiger partial charge on any atom is 0.249 e. The number of carbonyl (C=O) groups is 1. The van der Waals surface area contributed by atoms with Crippen LogP contribution in [-0.2, 0) is 0 Å². The fourth-order valence-electron chi connectivity index (χ4n) is 3.17. The number of nitrogens with one attached hydrogen (secondary N) is 1. The molecule has 4 aromatic rings. The standard InChI is InChI=1S/C21H15ClFN5O/c22-15-7-3-6-13(18(15)23)19-14(11-4-1-2-5-12(11)20(24)29)10-17(27-19)16-8-9-26-21(25)28-16/h1-10,27H,(H2,24,29)(H2,25,26,28). The molecule has 0 radical (unpaired) electrons. The van der Waals surface area contributed by atoms with E-state index in [1.807, 2.05) is 0 Å². The van der Waals surface area contributed by atoms with Crippen LogP contribution in [0.3, 0.4) is 0 Å². The fourth-order valence-corrected chi connectivity index (χ4v) is 3.35. The van der Waals surface area contributed by atoms with Gasteiger partial charge < -0.3 is 16.5 Å². The molecule has 0 unspecified atom stereocenters. The van der Waals surface area contributed by atoms with Crippen molar-refractivity contribution in [2.24, 2.45) is 5.73 Å². The minimum atomic E-state index is -0.591. The number of halogens is 2. The Hall–Kier alpha value is -3.71. The number of anilines is 1. The van der Waals surface area contributed by atoms with Crippen molar-refractivity contribution in [1.29, 1.82) is 0 Å². The molecule has 4 rings (SSSR count). The van der Waals surface area contributed by atoms with Crippen molar-refractivity contribution in [3.05, 3.63) is 77.2 Å². The lowest BCUT2D eigenvalue weighted by molar-refractivity contribution is 0.100. The van der Waals surface area contributed by atoms with E-state index in [0.29, 0.717) is 33.8 Å². The zero-order valence-corrected chi connectivity index (χ0v) is 15.7. The number of rotatable bonds is 4. The lowest BCUT2D eigenvalue weighted by atomic mass is 9.96. The molecule has 6 nitrogen and oxygen atoms in total. The quantitative estimate of drug-likeness (QED) is 0.468. The molecule has 2 aromatic carbocycles. The third kappa shape index (κ3) is 3.43. The van der Waals surface area contributed by atoms with E-state index in [1.54, 1.807) is 48.5 Å². The van der Waals surface area contributed by atoms with E-state index >= 15 is 0 Å². The van der Waals surface area contributed by atoms with E-state index in [9.17, 15) is 9.18 Å². The van der Waals surface area contributed by atoms with Gasteiger partial charge in [-0.1, -0.05) is 35.9 Å². The normalized spacial score (nSPS) is 10.8. The van der Waals surface area contributed by atoms with Crippen LogP contribution in [0.4, 0.5) is 10.3 Å². The molecule has 0 saturated carbocycles. The first-order chi connectivity index (χ1) is 14.0. The van der Waals surface area contributed by atoms with E-state index in [2.05, 4.69) is 15.0 Å². The number of hydrogen-bond donors (Lipinski definition) is 3. The topological polar surface area (TPSA) is 111 Å². The van der Waals surface area contributed by atoms with E-state index < -0.39 is 11.7 Å². The lowest BCUT2D eigenvalue weighted by Gasteiger charge is -2.09. The van der Waals surface area contributed by atoms with E-state index in [-0.39, 0.29) is 16.5 Å². The summed E-state index contributed by atoms with van der Waals surface area (Å²) in [6, 6.07) is 15.0. The van der Waals surface area contributed by atoms with Crippen molar-refractivity contribution in [2.75, 3.05) is 5.73 Å². The highest BCUT2D eigenvalue weighted by Crippen LogP contribution is 2.39. The molecule has 1 amide bonds. The maximum absolute atomic E-state index is 14.8. The van der Waals surface area contributed by atoms with Crippen LogP contribution in [0.2, 0.25) is 5.02 Å². The van der Waals surface area contributed by atoms with Crippen LogP contribution in [0.5, 0.6) is 0 Å². The monoisotopic (exact) mass is 407 g/mol. The third-order valence-electron chi connectivity index (χ3n) is 4.47. The molecule has 0 aliphatic heterocycles. The smallest absolute Gasteiger partial charge is 0.249 e. The molecule has 2 aromatic heterocycles. The van der Waals surface area contributed by atoms with Crippen molar-refractivity contribution >= 4 is 23.5 Å². The first kappa shape index (κ1) is 18.6. The second-order valence-corrected chi connectivity index (χ2v) is 6.69. The number of nitrogens with zero attached hydrogens (tertiary/aromatic N) is 2. The van der Waals surface area contributed by atoms with Gasteiger partial charge in [0.05, 0.1) is 22.1 Å². The second-order valence-electron chi connectivity index (χ2n) is 6.28. The second kappa shape index (κ2) is 7.37. The number of carbonyl (C=O) groups excluding carboxylic acids is 1. The summed E-state index contributed by atoms with van der Waals surface area (Å²) in [7, 11) is 0. The molecular formula is C21H15ClFN5O. The summed E-state index contributed by atoms with van der Waals surface area (Å²) < 4.78 is 14.8. The number of H-pyrrole nitrogens is 1. The molecule has 29 heavy (non-hydrogen) atoms. The molecule has 0 saturated heterocycles. The Morgan fingerprint density at radius 3 is 2.55 bits per heavy atom. The number of hydrogen-bond acceptors (Lipinski definition) is 4. The van der Waals surface area contributed by atoms with Gasteiger partial charge in [0, 0.05) is 22.9 Å². The van der Waals surface area contributed by atoms with Crippen LogP contribution in [0, 0.1) is 5.82 Å². The Kier molecular flexibility index (Phi) is 4.74. The molecular weight excluding hydrogens is 393 g/mol. The summed E-state index contributed by atoms with van der Waals surface area (Å²) in [6.45, 7) is 0. The summed E-state index contributed by atoms with van der Waals surface area (Å²) in [4.78, 5) is 23.2. The van der Waals surface area contributed by atoms with Crippen molar-refractivity contribution < 1.29 is 9.18 Å². The molecule has 0 atom stereocenters. The highest BCUT2D eigenvalue weighted by Gasteiger charge is 2.21. The first-order valence-electron chi connectivity index (χ1n) is 8.61. The van der Waals surface area contributed by atoms with Gasteiger partial charge in [0.15, 0.2) is 5.82 Å². The minimum absolute atomic E-state index is 0.0148. The van der Waals surface area contributed by atoms with Crippen molar-refractivity contribution in [3.8, 4) is 33.8 Å². The Bertz CT molecular complexity index is 1240. The van der Waals surface area contributed by atoms with Gasteiger partial charge in [-0.15, -0.1) is 0 Å². The van der Waals surface area contributed by atoms with Crippen LogP contribution in [-0.4, -0.2) is 20.9 Å². The van der Waals surface area contributed by atoms with Gasteiger partial charge in [-0.2, -0.15) is 0 Å². The van der Waals surface area contributed by atoms with Gasteiger partial charge in [-0.25, -0.2) is 14.4 Å². The average molecular weight is 408 g/mol.